The number of rotatable bonds is 4. The van der Waals surface area contributed by atoms with Gasteiger partial charge in [0.15, 0.2) is 0 Å². The second kappa shape index (κ2) is 7.23. The minimum Gasteiger partial charge on any atom is -0.369 e. The highest BCUT2D eigenvalue weighted by molar-refractivity contribution is 5.79. The summed E-state index contributed by atoms with van der Waals surface area (Å²) in [5.41, 5.74) is 5.27. The number of nitrogens with zero attached hydrogens (tertiary/aromatic N) is 1. The molecular weight excluding hydrogens is 321 g/mol. The van der Waals surface area contributed by atoms with Crippen LogP contribution in [0.15, 0.2) is 24.3 Å². The van der Waals surface area contributed by atoms with E-state index in [1.165, 1.54) is 12.1 Å². The smallest absolute Gasteiger partial charge is 0.369 e. The zero-order valence-electron chi connectivity index (χ0n) is 13.5. The molecule has 7 heteroatoms. The maximum absolute atomic E-state index is 12.6. The van der Waals surface area contributed by atoms with E-state index in [9.17, 15) is 22.8 Å². The van der Waals surface area contributed by atoms with Crippen molar-refractivity contribution in [2.45, 2.75) is 38.3 Å². The molecule has 1 aromatic rings. The lowest BCUT2D eigenvalue weighted by Gasteiger charge is -2.31. The highest BCUT2D eigenvalue weighted by atomic mass is 19.4. The van der Waals surface area contributed by atoms with Crippen molar-refractivity contribution in [1.82, 2.24) is 4.90 Å². The lowest BCUT2D eigenvalue weighted by atomic mass is 9.93. The number of carbonyl (C=O) groups is 2. The van der Waals surface area contributed by atoms with Crippen LogP contribution in [0.2, 0.25) is 0 Å². The van der Waals surface area contributed by atoms with Gasteiger partial charge in [0.05, 0.1) is 5.56 Å². The summed E-state index contributed by atoms with van der Waals surface area (Å²) in [6.45, 7) is 2.80. The van der Waals surface area contributed by atoms with Crippen molar-refractivity contribution < 1.29 is 22.8 Å². The number of hydrogen-bond donors (Lipinski definition) is 1. The molecule has 1 atom stereocenters. The molecule has 0 aromatic heterocycles. The summed E-state index contributed by atoms with van der Waals surface area (Å²) in [6, 6.07) is 4.91. The highest BCUT2D eigenvalue weighted by Gasteiger charge is 2.30. The number of halogens is 3. The lowest BCUT2D eigenvalue weighted by molar-refractivity contribution is -0.137. The number of nitrogens with two attached hydrogens (primary N) is 1. The fraction of sp³-hybridized carbons (Fsp3) is 0.529. The second-order valence-corrected chi connectivity index (χ2v) is 6.28. The summed E-state index contributed by atoms with van der Waals surface area (Å²) >= 11 is 0. The monoisotopic (exact) mass is 342 g/mol. The van der Waals surface area contributed by atoms with Crippen LogP contribution in [0.1, 0.15) is 43.2 Å². The lowest BCUT2D eigenvalue weighted by Crippen LogP contribution is -2.42. The van der Waals surface area contributed by atoms with E-state index < -0.39 is 11.7 Å². The first-order chi connectivity index (χ1) is 11.2. The molecule has 1 heterocycles. The largest absolute Gasteiger partial charge is 0.416 e. The van der Waals surface area contributed by atoms with Crippen LogP contribution in [-0.2, 0) is 15.8 Å². The Bertz CT molecular complexity index is 591. The van der Waals surface area contributed by atoms with Gasteiger partial charge in [0.2, 0.25) is 11.8 Å². The summed E-state index contributed by atoms with van der Waals surface area (Å²) in [7, 11) is 0. The standard InChI is InChI=1S/C17H21F3N2O2/c1-11(12-2-4-14(5-3-12)17(18,19)20)10-15(23)22-8-6-13(7-9-22)16(21)24/h2-5,11,13H,6-10H2,1H3,(H2,21,24). The predicted molar refractivity (Wildman–Crippen MR) is 83.0 cm³/mol. The second-order valence-electron chi connectivity index (χ2n) is 6.28. The first-order valence-electron chi connectivity index (χ1n) is 7.92. The van der Waals surface area contributed by atoms with Crippen LogP contribution in [0.4, 0.5) is 13.2 Å². The molecule has 4 nitrogen and oxygen atoms in total. The van der Waals surface area contributed by atoms with E-state index in [1.54, 1.807) is 4.90 Å². The van der Waals surface area contributed by atoms with Gasteiger partial charge < -0.3 is 10.6 Å². The third-order valence-electron chi connectivity index (χ3n) is 4.54. The average molecular weight is 342 g/mol. The van der Waals surface area contributed by atoms with Gasteiger partial charge in [-0.1, -0.05) is 19.1 Å². The first kappa shape index (κ1) is 18.3. The summed E-state index contributed by atoms with van der Waals surface area (Å²) in [5.74, 6) is -0.736. The molecule has 132 valence electrons. The molecule has 1 aromatic carbocycles. The number of piperidine rings is 1. The topological polar surface area (TPSA) is 63.4 Å². The number of benzene rings is 1. The van der Waals surface area contributed by atoms with Gasteiger partial charge >= 0.3 is 6.18 Å². The van der Waals surface area contributed by atoms with Crippen molar-refractivity contribution in [2.75, 3.05) is 13.1 Å². The van der Waals surface area contributed by atoms with Crippen LogP contribution < -0.4 is 5.73 Å². The van der Waals surface area contributed by atoms with Gasteiger partial charge in [-0.05, 0) is 36.5 Å². The summed E-state index contributed by atoms with van der Waals surface area (Å²) in [5, 5.41) is 0. The van der Waals surface area contributed by atoms with Crippen molar-refractivity contribution >= 4 is 11.8 Å². The van der Waals surface area contributed by atoms with E-state index in [0.717, 1.165) is 12.1 Å². The molecule has 1 fully saturated rings. The van der Waals surface area contributed by atoms with E-state index >= 15 is 0 Å². The zero-order chi connectivity index (χ0) is 17.9. The Morgan fingerprint density at radius 1 is 1.21 bits per heavy atom. The van der Waals surface area contributed by atoms with Crippen LogP contribution in [0.3, 0.4) is 0 Å². The molecule has 24 heavy (non-hydrogen) atoms. The van der Waals surface area contributed by atoms with Gasteiger partial charge in [0, 0.05) is 25.4 Å². The molecule has 1 unspecified atom stereocenters. The van der Waals surface area contributed by atoms with Crippen molar-refractivity contribution in [3.63, 3.8) is 0 Å². The molecule has 1 aliphatic heterocycles. The molecule has 0 aliphatic carbocycles. The molecule has 2 N–H and O–H groups in total. The van der Waals surface area contributed by atoms with Crippen LogP contribution in [-0.4, -0.2) is 29.8 Å². The van der Waals surface area contributed by atoms with E-state index in [0.29, 0.717) is 31.5 Å². The van der Waals surface area contributed by atoms with Crippen molar-refractivity contribution in [3.8, 4) is 0 Å². The minimum absolute atomic E-state index is 0.0506. The Hall–Kier alpha value is -2.05. The van der Waals surface area contributed by atoms with Gasteiger partial charge in [-0.3, -0.25) is 9.59 Å². The molecule has 0 bridgehead atoms. The van der Waals surface area contributed by atoms with Crippen LogP contribution in [0.5, 0.6) is 0 Å². The molecule has 0 radical (unpaired) electrons. The molecule has 1 saturated heterocycles. The SMILES string of the molecule is CC(CC(=O)N1CCC(C(N)=O)CC1)c1ccc(C(F)(F)F)cc1. The predicted octanol–water partition coefficient (Wildman–Crippen LogP) is 2.92. The molecular formula is C17H21F3N2O2. The van der Waals surface area contributed by atoms with Gasteiger partial charge in [-0.25, -0.2) is 0 Å². The quantitative estimate of drug-likeness (QED) is 0.914. The fourth-order valence-corrected chi connectivity index (χ4v) is 2.92. The average Bonchev–Trinajstić information content (AvgIpc) is 2.54. The fourth-order valence-electron chi connectivity index (χ4n) is 2.92. The highest BCUT2D eigenvalue weighted by Crippen LogP contribution is 2.31. The summed E-state index contributed by atoms with van der Waals surface area (Å²) in [4.78, 5) is 25.1. The third kappa shape index (κ3) is 4.49. The Morgan fingerprint density at radius 2 is 1.75 bits per heavy atom. The summed E-state index contributed by atoms with van der Waals surface area (Å²) < 4.78 is 37.7. The van der Waals surface area contributed by atoms with E-state index in [-0.39, 0.29) is 30.1 Å². The van der Waals surface area contributed by atoms with Crippen molar-refractivity contribution in [1.29, 1.82) is 0 Å². The normalized spacial score (nSPS) is 17.6. The summed E-state index contributed by atoms with van der Waals surface area (Å²) in [6.07, 6.45) is -3.00. The van der Waals surface area contributed by atoms with Crippen LogP contribution >= 0.6 is 0 Å². The maximum Gasteiger partial charge on any atom is 0.416 e. The third-order valence-corrected chi connectivity index (χ3v) is 4.54. The van der Waals surface area contributed by atoms with Gasteiger partial charge in [0.25, 0.3) is 0 Å². The van der Waals surface area contributed by atoms with E-state index in [1.807, 2.05) is 6.92 Å². The first-order valence-corrected chi connectivity index (χ1v) is 7.92. The molecule has 1 aliphatic rings. The number of amides is 2. The Morgan fingerprint density at radius 3 is 2.21 bits per heavy atom. The van der Waals surface area contributed by atoms with Crippen LogP contribution in [0, 0.1) is 5.92 Å². The number of carbonyl (C=O) groups excluding carboxylic acids is 2. The van der Waals surface area contributed by atoms with Gasteiger partial charge in [-0.15, -0.1) is 0 Å². The number of likely N-dealkylation sites (tertiary alicyclic amines) is 1. The van der Waals surface area contributed by atoms with Gasteiger partial charge in [0.1, 0.15) is 0 Å². The molecule has 0 saturated carbocycles. The maximum atomic E-state index is 12.6. The van der Waals surface area contributed by atoms with E-state index in [4.69, 9.17) is 5.73 Å². The molecule has 0 spiro atoms. The Kier molecular flexibility index (Phi) is 5.51. The molecule has 2 amide bonds. The van der Waals surface area contributed by atoms with Gasteiger partial charge in [-0.2, -0.15) is 13.2 Å². The minimum atomic E-state index is -4.36. The van der Waals surface area contributed by atoms with Crippen LogP contribution in [0.25, 0.3) is 0 Å². The van der Waals surface area contributed by atoms with E-state index in [2.05, 4.69) is 0 Å². The Balaban J connectivity index is 1.91. The number of alkyl halides is 3. The number of primary amides is 1. The van der Waals surface area contributed by atoms with Crippen molar-refractivity contribution in [2.24, 2.45) is 11.7 Å². The Labute approximate surface area is 138 Å². The zero-order valence-corrected chi connectivity index (χ0v) is 13.5. The molecule has 2 rings (SSSR count). The van der Waals surface area contributed by atoms with Crippen molar-refractivity contribution in [3.05, 3.63) is 35.4 Å². The number of hydrogen-bond acceptors (Lipinski definition) is 2.